The van der Waals surface area contributed by atoms with E-state index in [1.54, 1.807) is 0 Å². The molecule has 4 rings (SSSR count). The summed E-state index contributed by atoms with van der Waals surface area (Å²) in [5.74, 6) is 1.42. The molecule has 32 heavy (non-hydrogen) atoms. The van der Waals surface area contributed by atoms with Crippen LogP contribution in [0.2, 0.25) is 0 Å². The molecule has 0 bridgehead atoms. The summed E-state index contributed by atoms with van der Waals surface area (Å²) in [4.78, 5) is 26.7. The number of benzene rings is 1. The van der Waals surface area contributed by atoms with E-state index in [2.05, 4.69) is 29.2 Å². The third-order valence-electron chi connectivity index (χ3n) is 6.22. The molecule has 1 aromatic carbocycles. The summed E-state index contributed by atoms with van der Waals surface area (Å²) in [7, 11) is 3.84. The van der Waals surface area contributed by atoms with Gasteiger partial charge in [0.25, 0.3) is 0 Å². The predicted molar refractivity (Wildman–Crippen MR) is 125 cm³/mol. The number of aryl methyl sites for hydroxylation is 2. The Morgan fingerprint density at radius 2 is 1.91 bits per heavy atom. The van der Waals surface area contributed by atoms with Crippen LogP contribution in [-0.2, 0) is 11.2 Å². The number of carbonyl (C=O) groups excluding carboxylic acids is 1. The van der Waals surface area contributed by atoms with Crippen LogP contribution in [0.15, 0.2) is 35.0 Å². The van der Waals surface area contributed by atoms with Gasteiger partial charge in [0.15, 0.2) is 5.76 Å². The van der Waals surface area contributed by atoms with Crippen LogP contribution in [-0.4, -0.2) is 46.6 Å². The number of nitrogens with zero attached hydrogens (tertiary/aromatic N) is 5. The average Bonchev–Trinajstić information content (AvgIpc) is 3.13. The van der Waals surface area contributed by atoms with Crippen molar-refractivity contribution in [2.75, 3.05) is 25.5 Å². The summed E-state index contributed by atoms with van der Waals surface area (Å²) >= 11 is 0. The maximum absolute atomic E-state index is 13.4. The lowest BCUT2D eigenvalue weighted by Gasteiger charge is -2.36. The molecule has 1 aliphatic rings. The largest absolute Gasteiger partial charge is 0.356 e. The van der Waals surface area contributed by atoms with Gasteiger partial charge in [0.2, 0.25) is 11.9 Å². The van der Waals surface area contributed by atoms with Gasteiger partial charge in [0.1, 0.15) is 0 Å². The molecule has 1 amide bonds. The summed E-state index contributed by atoms with van der Waals surface area (Å²) in [5, 5.41) is 4.13. The number of aromatic nitrogens is 3. The molecule has 0 N–H and O–H groups in total. The standard InChI is InChI=1S/C25H31N5O2/c1-16-9-11-19(12-10-16)14-22(31)30-13-7-6-8-21(30)23-20(15-26-25(27-23)29(4)5)24-17(2)18(3)28-32-24/h9-12,15,21H,6-8,13-14H2,1-5H3/t21-/m0/s1. The maximum Gasteiger partial charge on any atom is 0.227 e. The van der Waals surface area contributed by atoms with E-state index >= 15 is 0 Å². The lowest BCUT2D eigenvalue weighted by atomic mass is 9.94. The second-order valence-corrected chi connectivity index (χ2v) is 8.85. The summed E-state index contributed by atoms with van der Waals surface area (Å²) < 4.78 is 5.67. The number of rotatable bonds is 5. The van der Waals surface area contributed by atoms with Crippen LogP contribution < -0.4 is 4.90 Å². The van der Waals surface area contributed by atoms with Crippen molar-refractivity contribution < 1.29 is 9.32 Å². The van der Waals surface area contributed by atoms with Gasteiger partial charge in [-0.1, -0.05) is 35.0 Å². The monoisotopic (exact) mass is 433 g/mol. The van der Waals surface area contributed by atoms with Gasteiger partial charge in [-0.05, 0) is 45.6 Å². The second kappa shape index (κ2) is 9.10. The van der Waals surface area contributed by atoms with Gasteiger partial charge in [0, 0.05) is 32.4 Å². The van der Waals surface area contributed by atoms with E-state index in [1.807, 2.05) is 56.1 Å². The number of amides is 1. The van der Waals surface area contributed by atoms with E-state index in [9.17, 15) is 4.79 Å². The first-order chi connectivity index (χ1) is 15.3. The minimum Gasteiger partial charge on any atom is -0.356 e. The number of carbonyl (C=O) groups is 1. The smallest absolute Gasteiger partial charge is 0.227 e. The molecule has 1 aliphatic heterocycles. The van der Waals surface area contributed by atoms with Crippen molar-refractivity contribution in [3.63, 3.8) is 0 Å². The zero-order chi connectivity index (χ0) is 22.8. The summed E-state index contributed by atoms with van der Waals surface area (Å²) in [6.07, 6.45) is 5.11. The molecule has 7 heteroatoms. The minimum absolute atomic E-state index is 0.122. The lowest BCUT2D eigenvalue weighted by molar-refractivity contribution is -0.134. The quantitative estimate of drug-likeness (QED) is 0.593. The zero-order valence-corrected chi connectivity index (χ0v) is 19.6. The Labute approximate surface area is 189 Å². The van der Waals surface area contributed by atoms with E-state index in [-0.39, 0.29) is 11.9 Å². The highest BCUT2D eigenvalue weighted by molar-refractivity contribution is 5.80. The molecule has 0 aliphatic carbocycles. The number of likely N-dealkylation sites (tertiary alicyclic amines) is 1. The fraction of sp³-hybridized carbons (Fsp3) is 0.440. The van der Waals surface area contributed by atoms with Gasteiger partial charge in [0.05, 0.1) is 29.4 Å². The first-order valence-electron chi connectivity index (χ1n) is 11.2. The van der Waals surface area contributed by atoms with Crippen LogP contribution >= 0.6 is 0 Å². The van der Waals surface area contributed by atoms with Gasteiger partial charge < -0.3 is 14.3 Å². The van der Waals surface area contributed by atoms with Crippen LogP contribution in [0, 0.1) is 20.8 Å². The van der Waals surface area contributed by atoms with Crippen molar-refractivity contribution in [3.8, 4) is 11.3 Å². The lowest BCUT2D eigenvalue weighted by Crippen LogP contribution is -2.40. The summed E-state index contributed by atoms with van der Waals surface area (Å²) in [5.41, 5.74) is 5.69. The zero-order valence-electron chi connectivity index (χ0n) is 19.6. The molecular formula is C25H31N5O2. The fourth-order valence-electron chi connectivity index (χ4n) is 4.19. The number of piperidine rings is 1. The summed E-state index contributed by atoms with van der Waals surface area (Å²) in [6.45, 7) is 6.70. The third-order valence-corrected chi connectivity index (χ3v) is 6.22. The molecule has 1 saturated heterocycles. The molecule has 0 unspecified atom stereocenters. The SMILES string of the molecule is Cc1ccc(CC(=O)N2CCCC[C@H]2c2nc(N(C)C)ncc2-c2onc(C)c2C)cc1. The van der Waals surface area contributed by atoms with Gasteiger partial charge in [-0.2, -0.15) is 0 Å². The van der Waals surface area contributed by atoms with E-state index in [0.717, 1.165) is 53.9 Å². The maximum atomic E-state index is 13.4. The normalized spacial score (nSPS) is 16.3. The Hall–Kier alpha value is -3.22. The summed E-state index contributed by atoms with van der Waals surface area (Å²) in [6, 6.07) is 8.05. The molecule has 3 heterocycles. The van der Waals surface area contributed by atoms with Gasteiger partial charge in [-0.25, -0.2) is 9.97 Å². The molecule has 1 fully saturated rings. The Bertz CT molecular complexity index is 1100. The van der Waals surface area contributed by atoms with Crippen molar-refractivity contribution in [3.05, 3.63) is 58.5 Å². The first kappa shape index (κ1) is 22.0. The number of hydrogen-bond donors (Lipinski definition) is 0. The molecule has 1 atom stereocenters. The first-order valence-corrected chi connectivity index (χ1v) is 11.2. The molecular weight excluding hydrogens is 402 g/mol. The van der Waals surface area contributed by atoms with Crippen LogP contribution in [0.3, 0.4) is 0 Å². The Kier molecular flexibility index (Phi) is 6.26. The number of anilines is 1. The second-order valence-electron chi connectivity index (χ2n) is 8.85. The fourth-order valence-corrected chi connectivity index (χ4v) is 4.19. The van der Waals surface area contributed by atoms with E-state index in [1.165, 1.54) is 5.56 Å². The van der Waals surface area contributed by atoms with Gasteiger partial charge in [-0.15, -0.1) is 0 Å². The third kappa shape index (κ3) is 4.38. The van der Waals surface area contributed by atoms with Crippen LogP contribution in [0.5, 0.6) is 0 Å². The van der Waals surface area contributed by atoms with Crippen molar-refractivity contribution in [1.82, 2.24) is 20.0 Å². The molecule has 7 nitrogen and oxygen atoms in total. The van der Waals surface area contributed by atoms with Crippen molar-refractivity contribution >= 4 is 11.9 Å². The topological polar surface area (TPSA) is 75.4 Å². The van der Waals surface area contributed by atoms with Crippen molar-refractivity contribution in [2.45, 2.75) is 52.5 Å². The average molecular weight is 434 g/mol. The van der Waals surface area contributed by atoms with Crippen LogP contribution in [0.25, 0.3) is 11.3 Å². The van der Waals surface area contributed by atoms with Crippen LogP contribution in [0.1, 0.15) is 53.4 Å². The van der Waals surface area contributed by atoms with E-state index < -0.39 is 0 Å². The predicted octanol–water partition coefficient (Wildman–Crippen LogP) is 4.42. The Morgan fingerprint density at radius 1 is 1.16 bits per heavy atom. The van der Waals surface area contributed by atoms with Crippen molar-refractivity contribution in [2.24, 2.45) is 0 Å². The minimum atomic E-state index is -0.122. The molecule has 2 aromatic heterocycles. The Balaban J connectivity index is 1.73. The highest BCUT2D eigenvalue weighted by atomic mass is 16.5. The highest BCUT2D eigenvalue weighted by Crippen LogP contribution is 2.38. The Morgan fingerprint density at radius 3 is 2.56 bits per heavy atom. The number of hydrogen-bond acceptors (Lipinski definition) is 6. The molecule has 0 radical (unpaired) electrons. The molecule has 3 aromatic rings. The van der Waals surface area contributed by atoms with E-state index in [4.69, 9.17) is 9.51 Å². The van der Waals surface area contributed by atoms with Crippen LogP contribution in [0.4, 0.5) is 5.95 Å². The van der Waals surface area contributed by atoms with Gasteiger partial charge in [-0.3, -0.25) is 4.79 Å². The molecule has 0 spiro atoms. The highest BCUT2D eigenvalue weighted by Gasteiger charge is 2.33. The van der Waals surface area contributed by atoms with Crippen molar-refractivity contribution in [1.29, 1.82) is 0 Å². The molecule has 0 saturated carbocycles. The van der Waals surface area contributed by atoms with Gasteiger partial charge >= 0.3 is 0 Å². The molecule has 168 valence electrons. The van der Waals surface area contributed by atoms with E-state index in [0.29, 0.717) is 18.1 Å².